The van der Waals surface area contributed by atoms with Crippen LogP contribution < -0.4 is 5.32 Å². The van der Waals surface area contributed by atoms with Crippen molar-refractivity contribution < 1.29 is 14.4 Å². The van der Waals surface area contributed by atoms with Crippen molar-refractivity contribution in [1.82, 2.24) is 30.1 Å². The number of hydrogen-bond acceptors (Lipinski definition) is 5. The minimum atomic E-state index is -0.605. The Labute approximate surface area is 175 Å². The van der Waals surface area contributed by atoms with Gasteiger partial charge in [0.1, 0.15) is 0 Å². The van der Waals surface area contributed by atoms with Gasteiger partial charge in [0.2, 0.25) is 0 Å². The summed E-state index contributed by atoms with van der Waals surface area (Å²) in [6.07, 6.45) is 2.04. The molecule has 2 aliphatic rings. The molecule has 1 aromatic heterocycles. The topological polar surface area (TPSA) is 100 Å². The van der Waals surface area contributed by atoms with Gasteiger partial charge in [0.25, 0.3) is 5.91 Å². The van der Waals surface area contributed by atoms with E-state index in [0.717, 1.165) is 24.2 Å². The van der Waals surface area contributed by atoms with Gasteiger partial charge in [-0.05, 0) is 38.8 Å². The summed E-state index contributed by atoms with van der Waals surface area (Å²) in [5, 5.41) is 11.1. The smallest absolute Gasteiger partial charge is 0.312 e. The van der Waals surface area contributed by atoms with E-state index < -0.39 is 11.8 Å². The fraction of sp³-hybridized carbons (Fsp3) is 0.476. The SMILES string of the molecule is CC(C)NC(=O)C(=O)N1CCN(C(=O)c2nnn(-c3ccccc3)c2C2CC2)CC1. The maximum Gasteiger partial charge on any atom is 0.312 e. The fourth-order valence-corrected chi connectivity index (χ4v) is 3.65. The van der Waals surface area contributed by atoms with Gasteiger partial charge in [0.05, 0.1) is 11.4 Å². The quantitative estimate of drug-likeness (QED) is 0.757. The second-order valence-electron chi connectivity index (χ2n) is 8.06. The van der Waals surface area contributed by atoms with Crippen LogP contribution in [0.1, 0.15) is 48.8 Å². The Bertz CT molecular complexity index is 943. The molecule has 0 unspecified atom stereocenters. The molecule has 9 nitrogen and oxygen atoms in total. The van der Waals surface area contributed by atoms with Gasteiger partial charge in [-0.2, -0.15) is 0 Å². The van der Waals surface area contributed by atoms with Gasteiger partial charge in [-0.25, -0.2) is 4.68 Å². The van der Waals surface area contributed by atoms with Gasteiger partial charge in [0, 0.05) is 38.1 Å². The van der Waals surface area contributed by atoms with Gasteiger partial charge >= 0.3 is 11.8 Å². The van der Waals surface area contributed by atoms with Gasteiger partial charge in [-0.15, -0.1) is 5.10 Å². The molecule has 0 spiro atoms. The van der Waals surface area contributed by atoms with Crippen LogP contribution in [-0.4, -0.2) is 74.7 Å². The number of rotatable bonds is 4. The Balaban J connectivity index is 1.46. The van der Waals surface area contributed by atoms with E-state index in [4.69, 9.17) is 0 Å². The van der Waals surface area contributed by atoms with E-state index in [2.05, 4.69) is 15.6 Å². The molecule has 0 atom stereocenters. The summed E-state index contributed by atoms with van der Waals surface area (Å²) in [6, 6.07) is 9.59. The maximum atomic E-state index is 13.2. The van der Waals surface area contributed by atoms with Crippen molar-refractivity contribution in [3.05, 3.63) is 41.7 Å². The number of piperazine rings is 1. The van der Waals surface area contributed by atoms with Crippen molar-refractivity contribution >= 4 is 17.7 Å². The average molecular weight is 410 g/mol. The van der Waals surface area contributed by atoms with Crippen LogP contribution in [0.5, 0.6) is 0 Å². The molecule has 4 rings (SSSR count). The first-order chi connectivity index (χ1) is 14.5. The van der Waals surface area contributed by atoms with E-state index >= 15 is 0 Å². The zero-order chi connectivity index (χ0) is 21.3. The molecule has 1 N–H and O–H groups in total. The van der Waals surface area contributed by atoms with Crippen molar-refractivity contribution in [2.75, 3.05) is 26.2 Å². The highest BCUT2D eigenvalue weighted by Gasteiger charge is 2.37. The summed E-state index contributed by atoms with van der Waals surface area (Å²) in [4.78, 5) is 40.6. The highest BCUT2D eigenvalue weighted by atomic mass is 16.2. The number of benzene rings is 1. The van der Waals surface area contributed by atoms with E-state index in [-0.39, 0.29) is 11.9 Å². The Hall–Kier alpha value is -3.23. The molecule has 1 saturated carbocycles. The molecular formula is C21H26N6O3. The third kappa shape index (κ3) is 4.05. The van der Waals surface area contributed by atoms with Crippen molar-refractivity contribution in [3.8, 4) is 5.69 Å². The minimum Gasteiger partial charge on any atom is -0.346 e. The van der Waals surface area contributed by atoms with Crippen LogP contribution in [0.4, 0.5) is 0 Å². The number of aromatic nitrogens is 3. The molecule has 1 aliphatic heterocycles. The lowest BCUT2D eigenvalue weighted by Crippen LogP contribution is -2.54. The van der Waals surface area contributed by atoms with Crippen LogP contribution in [-0.2, 0) is 9.59 Å². The summed E-state index contributed by atoms with van der Waals surface area (Å²) in [7, 11) is 0. The molecule has 158 valence electrons. The molecule has 2 heterocycles. The van der Waals surface area contributed by atoms with E-state index in [1.165, 1.54) is 4.90 Å². The lowest BCUT2D eigenvalue weighted by molar-refractivity contribution is -0.147. The molecule has 2 fully saturated rings. The molecule has 1 aliphatic carbocycles. The highest BCUT2D eigenvalue weighted by Crippen LogP contribution is 2.42. The number of nitrogens with one attached hydrogen (secondary N) is 1. The van der Waals surface area contributed by atoms with Crippen molar-refractivity contribution in [2.45, 2.75) is 38.6 Å². The van der Waals surface area contributed by atoms with Gasteiger partial charge in [-0.3, -0.25) is 14.4 Å². The third-order valence-electron chi connectivity index (χ3n) is 5.34. The van der Waals surface area contributed by atoms with Crippen molar-refractivity contribution in [1.29, 1.82) is 0 Å². The fourth-order valence-electron chi connectivity index (χ4n) is 3.65. The Morgan fingerprint density at radius 1 is 1.00 bits per heavy atom. The largest absolute Gasteiger partial charge is 0.346 e. The number of amides is 3. The van der Waals surface area contributed by atoms with Crippen LogP contribution in [0, 0.1) is 0 Å². The molecule has 3 amide bonds. The zero-order valence-corrected chi connectivity index (χ0v) is 17.2. The number of hydrogen-bond donors (Lipinski definition) is 1. The molecule has 2 aromatic rings. The van der Waals surface area contributed by atoms with E-state index in [1.807, 2.05) is 44.2 Å². The van der Waals surface area contributed by atoms with Crippen LogP contribution in [0.2, 0.25) is 0 Å². The predicted octanol–water partition coefficient (Wildman–Crippen LogP) is 0.954. The molecule has 0 bridgehead atoms. The lowest BCUT2D eigenvalue weighted by atomic mass is 10.1. The van der Waals surface area contributed by atoms with Gasteiger partial charge in [0.15, 0.2) is 5.69 Å². The molecule has 1 aromatic carbocycles. The first kappa shape index (κ1) is 20.1. The van der Waals surface area contributed by atoms with Crippen molar-refractivity contribution in [2.24, 2.45) is 0 Å². The van der Waals surface area contributed by atoms with Crippen molar-refractivity contribution in [3.63, 3.8) is 0 Å². The molecule has 9 heteroatoms. The summed E-state index contributed by atoms with van der Waals surface area (Å²) >= 11 is 0. The molecule has 30 heavy (non-hydrogen) atoms. The molecule has 0 radical (unpaired) electrons. The van der Waals surface area contributed by atoms with Crippen LogP contribution in [0.15, 0.2) is 30.3 Å². The third-order valence-corrected chi connectivity index (χ3v) is 5.34. The maximum absolute atomic E-state index is 13.2. The van der Waals surface area contributed by atoms with Crippen LogP contribution in [0.25, 0.3) is 5.69 Å². The second-order valence-corrected chi connectivity index (χ2v) is 8.06. The number of nitrogens with zero attached hydrogens (tertiary/aromatic N) is 5. The van der Waals surface area contributed by atoms with Gasteiger partial charge < -0.3 is 15.1 Å². The lowest BCUT2D eigenvalue weighted by Gasteiger charge is -2.34. The summed E-state index contributed by atoms with van der Waals surface area (Å²) in [5.74, 6) is -1.03. The summed E-state index contributed by atoms with van der Waals surface area (Å²) in [5.41, 5.74) is 2.14. The second kappa shape index (κ2) is 8.25. The van der Waals surface area contributed by atoms with Crippen LogP contribution in [0.3, 0.4) is 0 Å². The Morgan fingerprint density at radius 3 is 2.23 bits per heavy atom. The minimum absolute atomic E-state index is 0.0996. The predicted molar refractivity (Wildman–Crippen MR) is 109 cm³/mol. The highest BCUT2D eigenvalue weighted by molar-refractivity contribution is 6.35. The zero-order valence-electron chi connectivity index (χ0n) is 17.2. The first-order valence-corrected chi connectivity index (χ1v) is 10.4. The molecular weight excluding hydrogens is 384 g/mol. The number of carbonyl (C=O) groups is 3. The normalized spacial score (nSPS) is 16.6. The summed E-state index contributed by atoms with van der Waals surface area (Å²) in [6.45, 7) is 4.98. The molecule has 1 saturated heterocycles. The van der Waals surface area contributed by atoms with Crippen LogP contribution >= 0.6 is 0 Å². The van der Waals surface area contributed by atoms with E-state index in [9.17, 15) is 14.4 Å². The van der Waals surface area contributed by atoms with E-state index in [0.29, 0.717) is 37.8 Å². The summed E-state index contributed by atoms with van der Waals surface area (Å²) < 4.78 is 1.76. The average Bonchev–Trinajstić information content (AvgIpc) is 3.50. The Kier molecular flexibility index (Phi) is 5.52. The monoisotopic (exact) mass is 410 g/mol. The number of carbonyl (C=O) groups excluding carboxylic acids is 3. The Morgan fingerprint density at radius 2 is 1.63 bits per heavy atom. The van der Waals surface area contributed by atoms with E-state index in [1.54, 1.807) is 9.58 Å². The van der Waals surface area contributed by atoms with Gasteiger partial charge in [-0.1, -0.05) is 23.4 Å². The number of para-hydroxylation sites is 1. The standard InChI is InChI=1S/C21H26N6O3/c1-14(2)22-19(28)21(30)26-12-10-25(11-13-26)20(29)17-18(15-8-9-15)27(24-23-17)16-6-4-3-5-7-16/h3-7,14-15H,8-13H2,1-2H3,(H,22,28). The first-order valence-electron chi connectivity index (χ1n) is 10.4.